The van der Waals surface area contributed by atoms with Gasteiger partial charge in [0.05, 0.1) is 0 Å². The smallest absolute Gasteiger partial charge is 0.407 e. The first kappa shape index (κ1) is 17.5. The molecule has 0 heterocycles. The van der Waals surface area contributed by atoms with Gasteiger partial charge in [0.2, 0.25) is 5.91 Å². The Balaban J connectivity index is 4.02. The maximum Gasteiger partial charge on any atom is 0.407 e. The largest absolute Gasteiger partial charge is 0.444 e. The highest BCUT2D eigenvalue weighted by Crippen LogP contribution is 2.06. The van der Waals surface area contributed by atoms with Gasteiger partial charge in [-0.1, -0.05) is 12.2 Å². The number of hydrogen-bond acceptors (Lipinski definition) is 3. The molecule has 5 nitrogen and oxygen atoms in total. The van der Waals surface area contributed by atoms with Crippen molar-refractivity contribution in [1.82, 2.24) is 10.2 Å². The predicted molar refractivity (Wildman–Crippen MR) is 75.9 cm³/mol. The van der Waals surface area contributed by atoms with E-state index >= 15 is 0 Å². The van der Waals surface area contributed by atoms with Crippen molar-refractivity contribution in [2.75, 3.05) is 19.6 Å². The molecule has 0 aliphatic rings. The molecule has 0 saturated carbocycles. The lowest BCUT2D eigenvalue weighted by Crippen LogP contribution is -2.37. The summed E-state index contributed by atoms with van der Waals surface area (Å²) in [6, 6.07) is 0. The van der Waals surface area contributed by atoms with E-state index in [1.54, 1.807) is 25.7 Å². The molecule has 0 atom stereocenters. The minimum Gasteiger partial charge on any atom is -0.444 e. The summed E-state index contributed by atoms with van der Waals surface area (Å²) in [7, 11) is 0. The van der Waals surface area contributed by atoms with Crippen molar-refractivity contribution in [1.29, 1.82) is 0 Å². The highest BCUT2D eigenvalue weighted by Gasteiger charge is 2.16. The van der Waals surface area contributed by atoms with Crippen molar-refractivity contribution in [3.63, 3.8) is 0 Å². The first-order chi connectivity index (χ1) is 8.65. The Hall–Kier alpha value is -1.52. The summed E-state index contributed by atoms with van der Waals surface area (Å²) in [5.41, 5.74) is 0.416. The van der Waals surface area contributed by atoms with E-state index in [0.29, 0.717) is 13.1 Å². The monoisotopic (exact) mass is 270 g/mol. The number of amides is 2. The fourth-order valence-corrected chi connectivity index (χ4v) is 1.45. The van der Waals surface area contributed by atoms with Crippen LogP contribution in [0, 0.1) is 0 Å². The Kier molecular flexibility index (Phi) is 7.19. The average molecular weight is 270 g/mol. The predicted octanol–water partition coefficient (Wildman–Crippen LogP) is 2.33. The van der Waals surface area contributed by atoms with Crippen LogP contribution in [-0.2, 0) is 9.53 Å². The molecule has 110 valence electrons. The van der Waals surface area contributed by atoms with Crippen LogP contribution in [0.2, 0.25) is 0 Å². The lowest BCUT2D eigenvalue weighted by Gasteiger charge is -2.22. The highest BCUT2D eigenvalue weighted by atomic mass is 16.6. The van der Waals surface area contributed by atoms with E-state index in [4.69, 9.17) is 4.74 Å². The van der Waals surface area contributed by atoms with Crippen LogP contribution < -0.4 is 5.32 Å². The van der Waals surface area contributed by atoms with Crippen molar-refractivity contribution in [3.8, 4) is 0 Å². The van der Waals surface area contributed by atoms with E-state index in [1.165, 1.54) is 0 Å². The standard InChI is InChI=1S/C14H26N2O3/c1-7-16(10-11(2)3)12(17)8-9-15-13(18)19-14(4,5)6/h2,7-10H2,1,3-6H3,(H,15,18). The Morgan fingerprint density at radius 3 is 2.32 bits per heavy atom. The quantitative estimate of drug-likeness (QED) is 0.754. The molecule has 0 spiro atoms. The number of carbonyl (C=O) groups excluding carboxylic acids is 2. The molecule has 0 fully saturated rings. The van der Waals surface area contributed by atoms with E-state index in [0.717, 1.165) is 5.57 Å². The molecule has 0 aromatic heterocycles. The number of nitrogens with zero attached hydrogens (tertiary/aromatic N) is 1. The fraction of sp³-hybridized carbons (Fsp3) is 0.714. The fourth-order valence-electron chi connectivity index (χ4n) is 1.45. The molecular formula is C14H26N2O3. The Labute approximate surface area is 116 Å². The number of likely N-dealkylation sites (N-methyl/N-ethyl adjacent to an activating group) is 1. The molecule has 0 radical (unpaired) electrons. The van der Waals surface area contributed by atoms with Gasteiger partial charge in [0.1, 0.15) is 5.60 Å². The first-order valence-electron chi connectivity index (χ1n) is 6.54. The first-order valence-corrected chi connectivity index (χ1v) is 6.54. The molecule has 2 amide bonds. The van der Waals surface area contributed by atoms with Crippen LogP contribution in [-0.4, -0.2) is 42.1 Å². The van der Waals surface area contributed by atoms with Crippen LogP contribution >= 0.6 is 0 Å². The van der Waals surface area contributed by atoms with Gasteiger partial charge in [0.25, 0.3) is 0 Å². The Bertz CT molecular complexity index is 332. The molecule has 0 aromatic rings. The van der Waals surface area contributed by atoms with Crippen molar-refractivity contribution < 1.29 is 14.3 Å². The molecule has 0 rings (SSSR count). The van der Waals surface area contributed by atoms with Gasteiger partial charge in [-0.3, -0.25) is 4.79 Å². The number of carbonyl (C=O) groups is 2. The van der Waals surface area contributed by atoms with Gasteiger partial charge >= 0.3 is 6.09 Å². The molecule has 0 bridgehead atoms. The van der Waals surface area contributed by atoms with Gasteiger partial charge in [0.15, 0.2) is 0 Å². The lowest BCUT2D eigenvalue weighted by molar-refractivity contribution is -0.130. The van der Waals surface area contributed by atoms with Gasteiger partial charge in [-0.05, 0) is 34.6 Å². The summed E-state index contributed by atoms with van der Waals surface area (Å²) in [5, 5.41) is 2.57. The molecule has 1 N–H and O–H groups in total. The topological polar surface area (TPSA) is 58.6 Å². The van der Waals surface area contributed by atoms with Crippen LogP contribution in [0.3, 0.4) is 0 Å². The summed E-state index contributed by atoms with van der Waals surface area (Å²) in [6.45, 7) is 14.5. The molecule has 0 unspecified atom stereocenters. The summed E-state index contributed by atoms with van der Waals surface area (Å²) in [5.74, 6) is 0.00144. The van der Waals surface area contributed by atoms with Gasteiger partial charge in [-0.2, -0.15) is 0 Å². The van der Waals surface area contributed by atoms with E-state index in [9.17, 15) is 9.59 Å². The molecule has 19 heavy (non-hydrogen) atoms. The molecule has 5 heteroatoms. The third-order valence-corrected chi connectivity index (χ3v) is 2.20. The maximum atomic E-state index is 11.9. The van der Waals surface area contributed by atoms with Crippen LogP contribution in [0.25, 0.3) is 0 Å². The number of hydrogen-bond donors (Lipinski definition) is 1. The van der Waals surface area contributed by atoms with Gasteiger partial charge in [-0.15, -0.1) is 0 Å². The highest BCUT2D eigenvalue weighted by molar-refractivity contribution is 5.77. The number of rotatable bonds is 6. The lowest BCUT2D eigenvalue weighted by atomic mass is 10.2. The van der Waals surface area contributed by atoms with E-state index in [1.807, 2.05) is 13.8 Å². The van der Waals surface area contributed by atoms with Crippen molar-refractivity contribution in [2.45, 2.75) is 46.6 Å². The number of alkyl carbamates (subject to hydrolysis) is 1. The molecule has 0 saturated heterocycles. The third kappa shape index (κ3) is 9.11. The molecule has 0 aliphatic heterocycles. The molecule has 0 aliphatic carbocycles. The number of nitrogens with one attached hydrogen (secondary N) is 1. The molecule has 0 aromatic carbocycles. The molecular weight excluding hydrogens is 244 g/mol. The minimum atomic E-state index is -0.524. The zero-order chi connectivity index (χ0) is 15.1. The van der Waals surface area contributed by atoms with E-state index < -0.39 is 11.7 Å². The van der Waals surface area contributed by atoms with Gasteiger partial charge in [-0.25, -0.2) is 4.79 Å². The van der Waals surface area contributed by atoms with Crippen LogP contribution in [0.15, 0.2) is 12.2 Å². The Morgan fingerprint density at radius 1 is 1.32 bits per heavy atom. The summed E-state index contributed by atoms with van der Waals surface area (Å²) >= 11 is 0. The zero-order valence-corrected chi connectivity index (χ0v) is 12.7. The van der Waals surface area contributed by atoms with Gasteiger partial charge < -0.3 is 15.0 Å². The Morgan fingerprint density at radius 2 is 1.89 bits per heavy atom. The maximum absolute atomic E-state index is 11.9. The van der Waals surface area contributed by atoms with Crippen LogP contribution in [0.5, 0.6) is 0 Å². The van der Waals surface area contributed by atoms with Crippen molar-refractivity contribution in [2.24, 2.45) is 0 Å². The van der Waals surface area contributed by atoms with Crippen LogP contribution in [0.4, 0.5) is 4.79 Å². The SMILES string of the molecule is C=C(C)CN(CC)C(=O)CCNC(=O)OC(C)(C)C. The second kappa shape index (κ2) is 7.81. The van der Waals surface area contributed by atoms with Gasteiger partial charge in [0, 0.05) is 26.1 Å². The summed E-state index contributed by atoms with van der Waals surface area (Å²) in [6.07, 6.45) is -0.233. The zero-order valence-electron chi connectivity index (χ0n) is 12.7. The van der Waals surface area contributed by atoms with Crippen molar-refractivity contribution in [3.05, 3.63) is 12.2 Å². The second-order valence-corrected chi connectivity index (χ2v) is 5.54. The second-order valence-electron chi connectivity index (χ2n) is 5.54. The van der Waals surface area contributed by atoms with E-state index in [-0.39, 0.29) is 18.9 Å². The minimum absolute atomic E-state index is 0.00144. The summed E-state index contributed by atoms with van der Waals surface area (Å²) in [4.78, 5) is 25.0. The average Bonchev–Trinajstić information content (AvgIpc) is 2.22. The van der Waals surface area contributed by atoms with Crippen LogP contribution in [0.1, 0.15) is 41.0 Å². The third-order valence-electron chi connectivity index (χ3n) is 2.20. The van der Waals surface area contributed by atoms with Crippen molar-refractivity contribution >= 4 is 12.0 Å². The number of ether oxygens (including phenoxy) is 1. The van der Waals surface area contributed by atoms with E-state index in [2.05, 4.69) is 11.9 Å². The normalized spacial score (nSPS) is 10.8. The summed E-state index contributed by atoms with van der Waals surface area (Å²) < 4.78 is 5.08.